The van der Waals surface area contributed by atoms with E-state index in [1.807, 2.05) is 0 Å². The molecule has 0 aromatic heterocycles. The van der Waals surface area contributed by atoms with Gasteiger partial charge in [0.15, 0.2) is 9.84 Å². The van der Waals surface area contributed by atoms with Crippen molar-refractivity contribution in [2.75, 3.05) is 25.4 Å². The number of carbonyl (C=O) groups is 1. The van der Waals surface area contributed by atoms with E-state index < -0.39 is 31.0 Å². The van der Waals surface area contributed by atoms with E-state index in [0.717, 1.165) is 5.56 Å². The van der Waals surface area contributed by atoms with Crippen LogP contribution in [-0.4, -0.2) is 58.3 Å². The first-order chi connectivity index (χ1) is 10.7. The monoisotopic (exact) mass is 360 g/mol. The Balaban J connectivity index is 1.91. The molecule has 0 saturated carbocycles. The number of benzene rings is 1. The minimum Gasteiger partial charge on any atom is -0.339 e. The fourth-order valence-electron chi connectivity index (χ4n) is 2.24. The summed E-state index contributed by atoms with van der Waals surface area (Å²) in [6.07, 6.45) is 0. The second-order valence-electron chi connectivity index (χ2n) is 5.51. The Labute approximate surface area is 136 Å². The highest BCUT2D eigenvalue weighted by Crippen LogP contribution is 2.17. The smallest absolute Gasteiger partial charge is 0.241 e. The van der Waals surface area contributed by atoms with E-state index in [1.165, 1.54) is 17.0 Å². The van der Waals surface area contributed by atoms with Gasteiger partial charge in [-0.2, -0.15) is 0 Å². The zero-order chi connectivity index (χ0) is 17.3. The maximum absolute atomic E-state index is 12.1. The quantitative estimate of drug-likeness (QED) is 0.765. The molecule has 128 valence electrons. The Morgan fingerprint density at radius 1 is 1.26 bits per heavy atom. The van der Waals surface area contributed by atoms with Gasteiger partial charge in [0, 0.05) is 18.8 Å². The number of likely N-dealkylation sites (tertiary alicyclic amines) is 1. The summed E-state index contributed by atoms with van der Waals surface area (Å²) in [6, 6.07) is 6.37. The Morgan fingerprint density at radius 2 is 1.91 bits per heavy atom. The van der Waals surface area contributed by atoms with Crippen LogP contribution in [-0.2, 0) is 24.7 Å². The molecule has 2 rings (SSSR count). The molecular formula is C14H20N2O5S2. The highest BCUT2D eigenvalue weighted by atomic mass is 32.2. The van der Waals surface area contributed by atoms with Crippen LogP contribution < -0.4 is 4.72 Å². The zero-order valence-corrected chi connectivity index (χ0v) is 14.7. The third kappa shape index (κ3) is 4.10. The van der Waals surface area contributed by atoms with Crippen LogP contribution in [0.25, 0.3) is 0 Å². The van der Waals surface area contributed by atoms with Crippen LogP contribution in [0, 0.1) is 6.92 Å². The number of nitrogens with one attached hydrogen (secondary N) is 1. The van der Waals surface area contributed by atoms with Crippen molar-refractivity contribution in [1.82, 2.24) is 9.62 Å². The standard InChI is InChI=1S/C14H20N2O5S2/c1-3-22(18,19)13-9-16(10-13)14(17)8-15-23(20,21)12-6-4-5-11(2)7-12/h4-7,13,15H,3,8-10H2,1-2H3. The molecule has 0 radical (unpaired) electrons. The summed E-state index contributed by atoms with van der Waals surface area (Å²) in [5.74, 6) is -0.386. The minimum atomic E-state index is -3.76. The zero-order valence-electron chi connectivity index (χ0n) is 13.0. The molecule has 9 heteroatoms. The molecule has 0 atom stereocenters. The van der Waals surface area contributed by atoms with Crippen molar-refractivity contribution in [3.05, 3.63) is 29.8 Å². The van der Waals surface area contributed by atoms with Gasteiger partial charge in [-0.3, -0.25) is 4.79 Å². The topological polar surface area (TPSA) is 101 Å². The van der Waals surface area contributed by atoms with E-state index >= 15 is 0 Å². The van der Waals surface area contributed by atoms with E-state index in [1.54, 1.807) is 26.0 Å². The molecule has 1 aliphatic rings. The fourth-order valence-corrected chi connectivity index (χ4v) is 4.60. The molecule has 7 nitrogen and oxygen atoms in total. The maximum Gasteiger partial charge on any atom is 0.241 e. The lowest BCUT2D eigenvalue weighted by molar-refractivity contribution is -0.133. The highest BCUT2D eigenvalue weighted by molar-refractivity contribution is 7.92. The SMILES string of the molecule is CCS(=O)(=O)C1CN(C(=O)CNS(=O)(=O)c2cccc(C)c2)C1. The lowest BCUT2D eigenvalue weighted by Crippen LogP contribution is -2.59. The van der Waals surface area contributed by atoms with Crippen molar-refractivity contribution in [3.63, 3.8) is 0 Å². The summed E-state index contributed by atoms with van der Waals surface area (Å²) >= 11 is 0. The van der Waals surface area contributed by atoms with Gasteiger partial charge >= 0.3 is 0 Å². The van der Waals surface area contributed by atoms with Gasteiger partial charge in [0.2, 0.25) is 15.9 Å². The fraction of sp³-hybridized carbons (Fsp3) is 0.500. The molecule has 0 unspecified atom stereocenters. The largest absolute Gasteiger partial charge is 0.339 e. The molecule has 1 amide bonds. The summed E-state index contributed by atoms with van der Waals surface area (Å²) in [5.41, 5.74) is 0.801. The second-order valence-corrected chi connectivity index (χ2v) is 9.85. The normalized spacial score (nSPS) is 16.2. The Hall–Kier alpha value is -1.45. The summed E-state index contributed by atoms with van der Waals surface area (Å²) in [5, 5.41) is -0.537. The summed E-state index contributed by atoms with van der Waals surface area (Å²) in [7, 11) is -6.91. The van der Waals surface area contributed by atoms with Gasteiger partial charge in [-0.1, -0.05) is 19.1 Å². The van der Waals surface area contributed by atoms with E-state index in [0.29, 0.717) is 0 Å². The maximum atomic E-state index is 12.1. The first kappa shape index (κ1) is 17.9. The average Bonchev–Trinajstić information content (AvgIpc) is 2.43. The van der Waals surface area contributed by atoms with E-state index in [2.05, 4.69) is 4.72 Å². The summed E-state index contributed by atoms with van der Waals surface area (Å²) < 4.78 is 49.7. The van der Waals surface area contributed by atoms with Crippen molar-refractivity contribution in [2.45, 2.75) is 24.0 Å². The molecule has 1 saturated heterocycles. The van der Waals surface area contributed by atoms with Crippen LogP contribution in [0.5, 0.6) is 0 Å². The minimum absolute atomic E-state index is 0.0414. The predicted octanol–water partition coefficient (Wildman–Crippen LogP) is -0.0812. The Kier molecular flexibility index (Phi) is 5.12. The third-order valence-electron chi connectivity index (χ3n) is 3.82. The Bertz CT molecular complexity index is 796. The molecule has 1 heterocycles. The van der Waals surface area contributed by atoms with Gasteiger partial charge in [-0.05, 0) is 24.6 Å². The molecule has 1 aromatic carbocycles. The third-order valence-corrected chi connectivity index (χ3v) is 7.34. The van der Waals surface area contributed by atoms with Crippen LogP contribution in [0.3, 0.4) is 0 Å². The second kappa shape index (κ2) is 6.58. The number of amides is 1. The number of nitrogens with zero attached hydrogens (tertiary/aromatic N) is 1. The van der Waals surface area contributed by atoms with Crippen molar-refractivity contribution in [2.24, 2.45) is 0 Å². The van der Waals surface area contributed by atoms with Crippen LogP contribution in [0.2, 0.25) is 0 Å². The van der Waals surface area contributed by atoms with Crippen LogP contribution in [0.15, 0.2) is 29.2 Å². The van der Waals surface area contributed by atoms with Crippen LogP contribution in [0.1, 0.15) is 12.5 Å². The number of carbonyl (C=O) groups excluding carboxylic acids is 1. The lowest BCUT2D eigenvalue weighted by Gasteiger charge is -2.38. The van der Waals surface area contributed by atoms with Gasteiger partial charge < -0.3 is 4.90 Å². The molecule has 1 aromatic rings. The number of sulfone groups is 1. The first-order valence-corrected chi connectivity index (χ1v) is 10.4. The van der Waals surface area contributed by atoms with Gasteiger partial charge in [-0.25, -0.2) is 21.6 Å². The lowest BCUT2D eigenvalue weighted by atomic mass is 10.2. The van der Waals surface area contributed by atoms with Crippen molar-refractivity contribution in [3.8, 4) is 0 Å². The van der Waals surface area contributed by atoms with Crippen molar-refractivity contribution in [1.29, 1.82) is 0 Å². The molecule has 0 bridgehead atoms. The summed E-state index contributed by atoms with van der Waals surface area (Å²) in [6.45, 7) is 3.21. The highest BCUT2D eigenvalue weighted by Gasteiger charge is 2.38. The van der Waals surface area contributed by atoms with E-state index in [4.69, 9.17) is 0 Å². The molecule has 1 fully saturated rings. The average molecular weight is 360 g/mol. The van der Waals surface area contributed by atoms with Gasteiger partial charge in [0.25, 0.3) is 0 Å². The number of aryl methyl sites for hydroxylation is 1. The summed E-state index contributed by atoms with van der Waals surface area (Å²) in [4.78, 5) is 13.4. The van der Waals surface area contributed by atoms with Crippen molar-refractivity contribution < 1.29 is 21.6 Å². The van der Waals surface area contributed by atoms with Gasteiger partial charge in [-0.15, -0.1) is 0 Å². The van der Waals surface area contributed by atoms with Gasteiger partial charge in [0.1, 0.15) is 0 Å². The van der Waals surface area contributed by atoms with Crippen molar-refractivity contribution >= 4 is 25.8 Å². The molecular weight excluding hydrogens is 340 g/mol. The number of hydrogen-bond acceptors (Lipinski definition) is 5. The van der Waals surface area contributed by atoms with Crippen LogP contribution in [0.4, 0.5) is 0 Å². The first-order valence-electron chi connectivity index (χ1n) is 7.21. The van der Waals surface area contributed by atoms with E-state index in [9.17, 15) is 21.6 Å². The van der Waals surface area contributed by atoms with Gasteiger partial charge in [0.05, 0.1) is 16.7 Å². The number of rotatable bonds is 6. The molecule has 23 heavy (non-hydrogen) atoms. The Morgan fingerprint density at radius 3 is 2.48 bits per heavy atom. The predicted molar refractivity (Wildman–Crippen MR) is 86.2 cm³/mol. The molecule has 1 N–H and O–H groups in total. The number of hydrogen-bond donors (Lipinski definition) is 1. The number of sulfonamides is 1. The molecule has 0 spiro atoms. The molecule has 1 aliphatic heterocycles. The molecule has 0 aliphatic carbocycles. The van der Waals surface area contributed by atoms with E-state index in [-0.39, 0.29) is 30.3 Å². The van der Waals surface area contributed by atoms with Crippen LogP contribution >= 0.6 is 0 Å².